The zero-order valence-corrected chi connectivity index (χ0v) is 12.2. The lowest BCUT2D eigenvalue weighted by molar-refractivity contribution is -0.116. The number of anilines is 1. The maximum absolute atomic E-state index is 12.0. The van der Waals surface area contributed by atoms with E-state index in [2.05, 4.69) is 43.5 Å². The van der Waals surface area contributed by atoms with Gasteiger partial charge in [-0.05, 0) is 63.7 Å². The van der Waals surface area contributed by atoms with Crippen molar-refractivity contribution in [1.82, 2.24) is 5.32 Å². The Bertz CT molecular complexity index is 439. The molecule has 3 nitrogen and oxygen atoms in total. The van der Waals surface area contributed by atoms with E-state index in [1.165, 1.54) is 12.0 Å². The molecule has 0 saturated carbocycles. The van der Waals surface area contributed by atoms with Gasteiger partial charge < -0.3 is 10.6 Å². The van der Waals surface area contributed by atoms with E-state index < -0.39 is 0 Å². The van der Waals surface area contributed by atoms with Crippen LogP contribution in [0.15, 0.2) is 12.1 Å². The first-order valence-electron chi connectivity index (χ1n) is 7.14. The van der Waals surface area contributed by atoms with Crippen molar-refractivity contribution >= 4 is 11.6 Å². The van der Waals surface area contributed by atoms with E-state index in [1.54, 1.807) is 0 Å². The SMILES string of the molecule is Cc1cc(C)c(NC(=O)CCC2CCNC2)c(C)c1. The number of benzene rings is 1. The van der Waals surface area contributed by atoms with Crippen LogP contribution in [-0.4, -0.2) is 19.0 Å². The second-order valence-corrected chi connectivity index (χ2v) is 5.72. The fraction of sp³-hybridized carbons (Fsp3) is 0.562. The number of rotatable bonds is 4. The summed E-state index contributed by atoms with van der Waals surface area (Å²) in [7, 11) is 0. The van der Waals surface area contributed by atoms with Gasteiger partial charge in [0.15, 0.2) is 0 Å². The summed E-state index contributed by atoms with van der Waals surface area (Å²) in [6.45, 7) is 8.35. The highest BCUT2D eigenvalue weighted by Crippen LogP contribution is 2.22. The highest BCUT2D eigenvalue weighted by atomic mass is 16.1. The van der Waals surface area contributed by atoms with Crippen LogP contribution in [0.2, 0.25) is 0 Å². The van der Waals surface area contributed by atoms with Gasteiger partial charge in [-0.1, -0.05) is 17.7 Å². The average molecular weight is 260 g/mol. The molecule has 1 atom stereocenters. The molecule has 1 fully saturated rings. The Labute approximate surface area is 115 Å². The summed E-state index contributed by atoms with van der Waals surface area (Å²) in [6, 6.07) is 4.23. The average Bonchev–Trinajstić information content (AvgIpc) is 2.84. The summed E-state index contributed by atoms with van der Waals surface area (Å²) in [5.74, 6) is 0.813. The predicted molar refractivity (Wildman–Crippen MR) is 79.5 cm³/mol. The van der Waals surface area contributed by atoms with Crippen molar-refractivity contribution < 1.29 is 4.79 Å². The van der Waals surface area contributed by atoms with Crippen molar-refractivity contribution in [3.05, 3.63) is 28.8 Å². The number of carbonyl (C=O) groups is 1. The van der Waals surface area contributed by atoms with Crippen LogP contribution in [0.1, 0.15) is 36.0 Å². The van der Waals surface area contributed by atoms with Crippen molar-refractivity contribution in [3.8, 4) is 0 Å². The number of carbonyl (C=O) groups excluding carboxylic acids is 1. The molecule has 1 aliphatic heterocycles. The Morgan fingerprint density at radius 3 is 2.58 bits per heavy atom. The van der Waals surface area contributed by atoms with E-state index in [1.807, 2.05) is 0 Å². The number of hydrogen-bond donors (Lipinski definition) is 2. The van der Waals surface area contributed by atoms with E-state index >= 15 is 0 Å². The first-order chi connectivity index (χ1) is 9.06. The summed E-state index contributed by atoms with van der Waals surface area (Å²) in [4.78, 5) is 12.0. The highest BCUT2D eigenvalue weighted by Gasteiger charge is 2.16. The first-order valence-corrected chi connectivity index (χ1v) is 7.14. The second-order valence-electron chi connectivity index (χ2n) is 5.72. The van der Waals surface area contributed by atoms with Gasteiger partial charge in [-0.15, -0.1) is 0 Å². The molecule has 1 saturated heterocycles. The minimum absolute atomic E-state index is 0.141. The van der Waals surface area contributed by atoms with E-state index in [0.717, 1.165) is 36.3 Å². The second kappa shape index (κ2) is 6.20. The van der Waals surface area contributed by atoms with Crippen LogP contribution in [0.4, 0.5) is 5.69 Å². The lowest BCUT2D eigenvalue weighted by atomic mass is 10.0. The van der Waals surface area contributed by atoms with Crippen molar-refractivity contribution in [3.63, 3.8) is 0 Å². The molecule has 3 heteroatoms. The minimum atomic E-state index is 0.141. The zero-order chi connectivity index (χ0) is 13.8. The summed E-state index contributed by atoms with van der Waals surface area (Å²) in [6.07, 6.45) is 2.82. The van der Waals surface area contributed by atoms with Crippen LogP contribution in [0, 0.1) is 26.7 Å². The Balaban J connectivity index is 1.91. The van der Waals surface area contributed by atoms with Crippen LogP contribution in [0.5, 0.6) is 0 Å². The molecule has 1 heterocycles. The Kier molecular flexibility index (Phi) is 4.59. The molecule has 1 aliphatic rings. The Morgan fingerprint density at radius 1 is 1.32 bits per heavy atom. The quantitative estimate of drug-likeness (QED) is 0.874. The molecule has 104 valence electrons. The van der Waals surface area contributed by atoms with Crippen LogP contribution >= 0.6 is 0 Å². The maximum Gasteiger partial charge on any atom is 0.224 e. The van der Waals surface area contributed by atoms with Crippen molar-refractivity contribution in [2.24, 2.45) is 5.92 Å². The Hall–Kier alpha value is -1.35. The summed E-state index contributed by atoms with van der Waals surface area (Å²) < 4.78 is 0. The van der Waals surface area contributed by atoms with Crippen LogP contribution in [0.3, 0.4) is 0 Å². The molecule has 0 radical (unpaired) electrons. The van der Waals surface area contributed by atoms with E-state index in [0.29, 0.717) is 12.3 Å². The van der Waals surface area contributed by atoms with Crippen molar-refractivity contribution in [2.45, 2.75) is 40.0 Å². The van der Waals surface area contributed by atoms with Gasteiger partial charge in [0.2, 0.25) is 5.91 Å². The Morgan fingerprint density at radius 2 is 2.00 bits per heavy atom. The lowest BCUT2D eigenvalue weighted by Gasteiger charge is -2.13. The number of hydrogen-bond acceptors (Lipinski definition) is 2. The van der Waals surface area contributed by atoms with Gasteiger partial charge >= 0.3 is 0 Å². The predicted octanol–water partition coefficient (Wildman–Crippen LogP) is 2.94. The summed E-state index contributed by atoms with van der Waals surface area (Å²) in [5.41, 5.74) is 4.52. The third kappa shape index (κ3) is 3.80. The molecule has 0 bridgehead atoms. The maximum atomic E-state index is 12.0. The number of amides is 1. The smallest absolute Gasteiger partial charge is 0.224 e. The summed E-state index contributed by atoms with van der Waals surface area (Å²) >= 11 is 0. The number of aryl methyl sites for hydroxylation is 3. The van der Waals surface area contributed by atoms with Gasteiger partial charge in [-0.3, -0.25) is 4.79 Å². The zero-order valence-electron chi connectivity index (χ0n) is 12.2. The first kappa shape index (κ1) is 14.1. The van der Waals surface area contributed by atoms with Gasteiger partial charge in [-0.2, -0.15) is 0 Å². The lowest BCUT2D eigenvalue weighted by Crippen LogP contribution is -2.16. The standard InChI is InChI=1S/C16H24N2O/c1-11-8-12(2)16(13(3)9-11)18-15(19)5-4-14-6-7-17-10-14/h8-9,14,17H,4-7,10H2,1-3H3,(H,18,19). The van der Waals surface area contributed by atoms with Gasteiger partial charge in [0, 0.05) is 12.1 Å². The van der Waals surface area contributed by atoms with Gasteiger partial charge in [-0.25, -0.2) is 0 Å². The summed E-state index contributed by atoms with van der Waals surface area (Å²) in [5, 5.41) is 6.41. The molecule has 0 aliphatic carbocycles. The van der Waals surface area contributed by atoms with Crippen molar-refractivity contribution in [1.29, 1.82) is 0 Å². The molecule has 1 aromatic rings. The van der Waals surface area contributed by atoms with E-state index in [4.69, 9.17) is 0 Å². The van der Waals surface area contributed by atoms with Gasteiger partial charge in [0.05, 0.1) is 0 Å². The van der Waals surface area contributed by atoms with E-state index in [-0.39, 0.29) is 5.91 Å². The third-order valence-electron chi connectivity index (χ3n) is 3.88. The van der Waals surface area contributed by atoms with Crippen molar-refractivity contribution in [2.75, 3.05) is 18.4 Å². The fourth-order valence-corrected chi connectivity index (χ4v) is 2.88. The topological polar surface area (TPSA) is 41.1 Å². The van der Waals surface area contributed by atoms with Crippen LogP contribution < -0.4 is 10.6 Å². The minimum Gasteiger partial charge on any atom is -0.326 e. The molecule has 2 N–H and O–H groups in total. The number of nitrogens with one attached hydrogen (secondary N) is 2. The van der Waals surface area contributed by atoms with E-state index in [9.17, 15) is 4.79 Å². The molecule has 2 rings (SSSR count). The molecule has 1 amide bonds. The molecular weight excluding hydrogens is 236 g/mol. The molecule has 1 aromatic carbocycles. The highest BCUT2D eigenvalue weighted by molar-refractivity contribution is 5.92. The van der Waals surface area contributed by atoms with Crippen LogP contribution in [-0.2, 0) is 4.79 Å². The van der Waals surface area contributed by atoms with Gasteiger partial charge in [0.25, 0.3) is 0 Å². The van der Waals surface area contributed by atoms with Gasteiger partial charge in [0.1, 0.15) is 0 Å². The largest absolute Gasteiger partial charge is 0.326 e. The monoisotopic (exact) mass is 260 g/mol. The fourth-order valence-electron chi connectivity index (χ4n) is 2.88. The molecule has 1 unspecified atom stereocenters. The molecule has 0 aromatic heterocycles. The third-order valence-corrected chi connectivity index (χ3v) is 3.88. The van der Waals surface area contributed by atoms with Crippen LogP contribution in [0.25, 0.3) is 0 Å². The molecule has 0 spiro atoms. The molecular formula is C16H24N2O. The molecule has 19 heavy (non-hydrogen) atoms. The normalized spacial score (nSPS) is 18.6.